The van der Waals surface area contributed by atoms with Crippen molar-refractivity contribution in [3.63, 3.8) is 0 Å². The number of nitrogens with one attached hydrogen (secondary N) is 3. The van der Waals surface area contributed by atoms with Crippen LogP contribution in [0.25, 0.3) is 0 Å². The van der Waals surface area contributed by atoms with Crippen LogP contribution in [0.15, 0.2) is 4.99 Å². The molecule has 1 unspecified atom stereocenters. The lowest BCUT2D eigenvalue weighted by Crippen LogP contribution is -2.51. The SMILES string of the molecule is CNC(=O)C(C)NC(=NC1CCCCC1)NN. The van der Waals surface area contributed by atoms with Crippen molar-refractivity contribution in [1.82, 2.24) is 16.1 Å². The normalized spacial score (nSPS) is 19.6. The van der Waals surface area contributed by atoms with Gasteiger partial charge in [-0.3, -0.25) is 10.2 Å². The van der Waals surface area contributed by atoms with Crippen LogP contribution in [-0.2, 0) is 4.79 Å². The Morgan fingerprint density at radius 3 is 2.53 bits per heavy atom. The standard InChI is InChI=1S/C11H23N5O/c1-8(10(17)13-2)14-11(16-12)15-9-6-4-3-5-7-9/h8-9H,3-7,12H2,1-2H3,(H,13,17)(H2,14,15,16). The maximum atomic E-state index is 11.4. The van der Waals surface area contributed by atoms with E-state index in [4.69, 9.17) is 5.84 Å². The third-order valence-corrected chi connectivity index (χ3v) is 3.02. The Labute approximate surface area is 102 Å². The number of rotatable bonds is 3. The van der Waals surface area contributed by atoms with E-state index in [-0.39, 0.29) is 11.9 Å². The molecule has 0 aromatic rings. The molecule has 0 aliphatic heterocycles. The molecule has 6 nitrogen and oxygen atoms in total. The quantitative estimate of drug-likeness (QED) is 0.240. The molecule has 1 aliphatic rings. The van der Waals surface area contributed by atoms with E-state index >= 15 is 0 Å². The monoisotopic (exact) mass is 241 g/mol. The zero-order valence-electron chi connectivity index (χ0n) is 10.6. The van der Waals surface area contributed by atoms with Crippen molar-refractivity contribution < 1.29 is 4.79 Å². The lowest BCUT2D eigenvalue weighted by atomic mass is 9.96. The highest BCUT2D eigenvalue weighted by Crippen LogP contribution is 2.19. The van der Waals surface area contributed by atoms with Crippen molar-refractivity contribution in [2.75, 3.05) is 7.05 Å². The predicted molar refractivity (Wildman–Crippen MR) is 68.3 cm³/mol. The molecule has 1 aliphatic carbocycles. The summed E-state index contributed by atoms with van der Waals surface area (Å²) in [6, 6.07) is -0.0300. The molecule has 0 spiro atoms. The maximum Gasteiger partial charge on any atom is 0.242 e. The number of hydrazine groups is 1. The summed E-state index contributed by atoms with van der Waals surface area (Å²) in [6.07, 6.45) is 5.93. The van der Waals surface area contributed by atoms with Crippen molar-refractivity contribution in [3.8, 4) is 0 Å². The van der Waals surface area contributed by atoms with Crippen LogP contribution < -0.4 is 21.9 Å². The number of nitrogens with two attached hydrogens (primary N) is 1. The third kappa shape index (κ3) is 4.60. The van der Waals surface area contributed by atoms with E-state index in [0.29, 0.717) is 12.0 Å². The van der Waals surface area contributed by atoms with Gasteiger partial charge in [-0.25, -0.2) is 10.8 Å². The van der Waals surface area contributed by atoms with Gasteiger partial charge in [-0.2, -0.15) is 0 Å². The summed E-state index contributed by atoms with van der Waals surface area (Å²) in [5.41, 5.74) is 2.52. The van der Waals surface area contributed by atoms with Crippen LogP contribution in [0.4, 0.5) is 0 Å². The minimum atomic E-state index is -0.349. The second-order valence-electron chi connectivity index (χ2n) is 4.39. The zero-order valence-corrected chi connectivity index (χ0v) is 10.6. The first-order valence-electron chi connectivity index (χ1n) is 6.20. The fourth-order valence-corrected chi connectivity index (χ4v) is 2.00. The molecule has 0 saturated heterocycles. The second-order valence-corrected chi connectivity index (χ2v) is 4.39. The highest BCUT2D eigenvalue weighted by molar-refractivity contribution is 5.88. The van der Waals surface area contributed by atoms with E-state index in [2.05, 4.69) is 21.1 Å². The third-order valence-electron chi connectivity index (χ3n) is 3.02. The van der Waals surface area contributed by atoms with Gasteiger partial charge in [0, 0.05) is 7.05 Å². The van der Waals surface area contributed by atoms with Gasteiger partial charge in [0.15, 0.2) is 0 Å². The number of likely N-dealkylation sites (N-methyl/N-ethyl adjacent to an activating group) is 1. The number of amides is 1. The highest BCUT2D eigenvalue weighted by atomic mass is 16.2. The average Bonchev–Trinajstić information content (AvgIpc) is 2.38. The Balaban J connectivity index is 2.51. The Morgan fingerprint density at radius 2 is 2.00 bits per heavy atom. The number of hydrogen-bond donors (Lipinski definition) is 4. The van der Waals surface area contributed by atoms with Gasteiger partial charge < -0.3 is 10.6 Å². The Bertz CT molecular complexity index is 273. The van der Waals surface area contributed by atoms with Gasteiger partial charge >= 0.3 is 0 Å². The fourth-order valence-electron chi connectivity index (χ4n) is 2.00. The Hall–Kier alpha value is -1.30. The van der Waals surface area contributed by atoms with Gasteiger partial charge in [0.2, 0.25) is 11.9 Å². The van der Waals surface area contributed by atoms with Crippen LogP contribution in [0, 0.1) is 0 Å². The predicted octanol–water partition coefficient (Wildman–Crippen LogP) is -0.137. The summed E-state index contributed by atoms with van der Waals surface area (Å²) in [6.45, 7) is 1.77. The van der Waals surface area contributed by atoms with Crippen molar-refractivity contribution in [2.24, 2.45) is 10.8 Å². The zero-order chi connectivity index (χ0) is 12.7. The van der Waals surface area contributed by atoms with Crippen LogP contribution in [0.3, 0.4) is 0 Å². The minimum Gasteiger partial charge on any atom is -0.357 e. The van der Waals surface area contributed by atoms with Gasteiger partial charge in [-0.15, -0.1) is 0 Å². The first kappa shape index (κ1) is 13.8. The van der Waals surface area contributed by atoms with Crippen molar-refractivity contribution in [1.29, 1.82) is 0 Å². The molecule has 0 aromatic carbocycles. The van der Waals surface area contributed by atoms with Gasteiger partial charge in [-0.1, -0.05) is 19.3 Å². The summed E-state index contributed by atoms with van der Waals surface area (Å²) in [4.78, 5) is 15.9. The van der Waals surface area contributed by atoms with Crippen molar-refractivity contribution in [2.45, 2.75) is 51.1 Å². The molecule has 1 rings (SSSR count). The maximum absolute atomic E-state index is 11.4. The first-order valence-corrected chi connectivity index (χ1v) is 6.20. The van der Waals surface area contributed by atoms with Gasteiger partial charge in [0.25, 0.3) is 0 Å². The summed E-state index contributed by atoms with van der Waals surface area (Å²) in [5, 5.41) is 5.54. The number of carbonyl (C=O) groups is 1. The fraction of sp³-hybridized carbons (Fsp3) is 0.818. The lowest BCUT2D eigenvalue weighted by molar-refractivity contribution is -0.121. The Morgan fingerprint density at radius 1 is 1.35 bits per heavy atom. The summed E-state index contributed by atoms with van der Waals surface area (Å²) >= 11 is 0. The number of hydrogen-bond acceptors (Lipinski definition) is 3. The summed E-state index contributed by atoms with van der Waals surface area (Å²) < 4.78 is 0. The number of carbonyl (C=O) groups excluding carboxylic acids is 1. The smallest absolute Gasteiger partial charge is 0.242 e. The van der Waals surface area contributed by atoms with Crippen LogP contribution in [0.5, 0.6) is 0 Å². The van der Waals surface area contributed by atoms with Crippen LogP contribution in [-0.4, -0.2) is 31.0 Å². The molecule has 1 amide bonds. The van der Waals surface area contributed by atoms with Crippen molar-refractivity contribution in [3.05, 3.63) is 0 Å². The van der Waals surface area contributed by atoms with Crippen LogP contribution in [0.1, 0.15) is 39.0 Å². The molecule has 6 heteroatoms. The molecule has 1 atom stereocenters. The highest BCUT2D eigenvalue weighted by Gasteiger charge is 2.15. The largest absolute Gasteiger partial charge is 0.357 e. The lowest BCUT2D eigenvalue weighted by Gasteiger charge is -2.21. The average molecular weight is 241 g/mol. The van der Waals surface area contributed by atoms with E-state index in [1.165, 1.54) is 19.3 Å². The van der Waals surface area contributed by atoms with Crippen LogP contribution >= 0.6 is 0 Å². The molecule has 0 aromatic heterocycles. The number of aliphatic imine (C=N–C) groups is 1. The van der Waals surface area contributed by atoms with Gasteiger partial charge in [0.1, 0.15) is 6.04 Å². The van der Waals surface area contributed by atoms with E-state index in [1.54, 1.807) is 14.0 Å². The molecule has 0 radical (unpaired) electrons. The minimum absolute atomic E-state index is 0.0865. The molecule has 0 heterocycles. The summed E-state index contributed by atoms with van der Waals surface area (Å²) in [5.74, 6) is 5.81. The molecular weight excluding hydrogens is 218 g/mol. The van der Waals surface area contributed by atoms with E-state index in [1.807, 2.05) is 0 Å². The topological polar surface area (TPSA) is 91.5 Å². The number of nitrogens with zero attached hydrogens (tertiary/aromatic N) is 1. The van der Waals surface area contributed by atoms with Crippen LogP contribution in [0.2, 0.25) is 0 Å². The van der Waals surface area contributed by atoms with E-state index < -0.39 is 0 Å². The Kier molecular flexibility index (Phi) is 5.76. The molecule has 17 heavy (non-hydrogen) atoms. The molecule has 98 valence electrons. The molecule has 1 fully saturated rings. The molecule has 5 N–H and O–H groups in total. The number of guanidine groups is 1. The molecule has 1 saturated carbocycles. The first-order chi connectivity index (χ1) is 8.17. The van der Waals surface area contributed by atoms with Gasteiger partial charge in [0.05, 0.1) is 6.04 Å². The van der Waals surface area contributed by atoms with E-state index in [9.17, 15) is 4.79 Å². The second kappa shape index (κ2) is 7.11. The van der Waals surface area contributed by atoms with Crippen molar-refractivity contribution >= 4 is 11.9 Å². The van der Waals surface area contributed by atoms with Gasteiger partial charge in [-0.05, 0) is 19.8 Å². The molecular formula is C11H23N5O. The van der Waals surface area contributed by atoms with E-state index in [0.717, 1.165) is 12.8 Å². The molecule has 0 bridgehead atoms. The summed E-state index contributed by atoms with van der Waals surface area (Å²) in [7, 11) is 1.61.